The van der Waals surface area contributed by atoms with Crippen LogP contribution in [-0.2, 0) is 14.3 Å². The summed E-state index contributed by atoms with van der Waals surface area (Å²) in [6, 6.07) is 0. The molecule has 6 heteroatoms. The number of hydrogen-bond donors (Lipinski definition) is 2. The second-order valence-corrected chi connectivity index (χ2v) is 6.61. The normalized spacial score (nSPS) is 26.1. The molecule has 116 valence electrons. The van der Waals surface area contributed by atoms with Crippen LogP contribution in [-0.4, -0.2) is 36.9 Å². The quantitative estimate of drug-likeness (QED) is 0.766. The van der Waals surface area contributed by atoms with Crippen LogP contribution in [0.4, 0.5) is 4.79 Å². The molecule has 3 N–H and O–H groups in total. The summed E-state index contributed by atoms with van der Waals surface area (Å²) in [6.07, 6.45) is 2.18. The van der Waals surface area contributed by atoms with Gasteiger partial charge in [-0.05, 0) is 46.0 Å². The van der Waals surface area contributed by atoms with Gasteiger partial charge < -0.3 is 20.5 Å². The summed E-state index contributed by atoms with van der Waals surface area (Å²) < 4.78 is 9.83. The van der Waals surface area contributed by atoms with E-state index in [-0.39, 0.29) is 18.3 Å². The van der Waals surface area contributed by atoms with E-state index < -0.39 is 17.2 Å². The van der Waals surface area contributed by atoms with Crippen LogP contribution in [0, 0.1) is 5.92 Å². The molecule has 0 heterocycles. The van der Waals surface area contributed by atoms with Gasteiger partial charge in [0.05, 0.1) is 13.5 Å². The summed E-state index contributed by atoms with van der Waals surface area (Å²) >= 11 is 0. The van der Waals surface area contributed by atoms with Crippen LogP contribution in [0.2, 0.25) is 0 Å². The van der Waals surface area contributed by atoms with Crippen LogP contribution < -0.4 is 11.1 Å². The fourth-order valence-corrected chi connectivity index (χ4v) is 2.51. The summed E-state index contributed by atoms with van der Waals surface area (Å²) in [6.45, 7) is 5.99. The minimum Gasteiger partial charge on any atom is -0.469 e. The van der Waals surface area contributed by atoms with Crippen molar-refractivity contribution >= 4 is 12.1 Å². The number of methoxy groups -OCH3 is 1. The molecule has 2 atom stereocenters. The number of esters is 1. The van der Waals surface area contributed by atoms with Gasteiger partial charge in [0.1, 0.15) is 5.60 Å². The van der Waals surface area contributed by atoms with Crippen molar-refractivity contribution in [3.05, 3.63) is 0 Å². The molecule has 1 fully saturated rings. The number of ether oxygens (including phenoxy) is 2. The first-order valence-corrected chi connectivity index (χ1v) is 6.96. The highest BCUT2D eigenvalue weighted by Gasteiger charge is 2.37. The molecule has 1 rings (SSSR count). The van der Waals surface area contributed by atoms with E-state index in [2.05, 4.69) is 10.1 Å². The Balaban J connectivity index is 2.34. The lowest BCUT2D eigenvalue weighted by molar-refractivity contribution is -0.142. The van der Waals surface area contributed by atoms with Crippen LogP contribution in [0.5, 0.6) is 0 Å². The maximum Gasteiger partial charge on any atom is 0.407 e. The summed E-state index contributed by atoms with van der Waals surface area (Å²) in [5, 5.41) is 2.75. The largest absolute Gasteiger partial charge is 0.469 e. The third-order valence-corrected chi connectivity index (χ3v) is 3.40. The van der Waals surface area contributed by atoms with Gasteiger partial charge in [0, 0.05) is 12.1 Å². The first-order valence-electron chi connectivity index (χ1n) is 6.96. The van der Waals surface area contributed by atoms with Crippen LogP contribution >= 0.6 is 0 Å². The number of alkyl carbamates (subject to hydrolysis) is 1. The van der Waals surface area contributed by atoms with Crippen molar-refractivity contribution in [2.24, 2.45) is 11.7 Å². The van der Waals surface area contributed by atoms with Gasteiger partial charge in [0.25, 0.3) is 0 Å². The van der Waals surface area contributed by atoms with Crippen molar-refractivity contribution in [2.45, 2.75) is 57.6 Å². The average Bonchev–Trinajstić information content (AvgIpc) is 2.66. The van der Waals surface area contributed by atoms with Gasteiger partial charge in [0.2, 0.25) is 0 Å². The number of nitrogens with two attached hydrogens (primary N) is 1. The van der Waals surface area contributed by atoms with Gasteiger partial charge >= 0.3 is 12.1 Å². The number of amides is 1. The Morgan fingerprint density at radius 1 is 1.40 bits per heavy atom. The van der Waals surface area contributed by atoms with Gasteiger partial charge in [-0.2, -0.15) is 0 Å². The molecule has 1 aliphatic rings. The van der Waals surface area contributed by atoms with Gasteiger partial charge in [-0.25, -0.2) is 4.79 Å². The maximum absolute atomic E-state index is 11.6. The lowest BCUT2D eigenvalue weighted by Gasteiger charge is -2.23. The molecule has 0 aromatic rings. The Morgan fingerprint density at radius 3 is 2.60 bits per heavy atom. The second kappa shape index (κ2) is 6.43. The lowest BCUT2D eigenvalue weighted by Crippen LogP contribution is -2.40. The summed E-state index contributed by atoms with van der Waals surface area (Å²) in [5.41, 5.74) is 5.18. The Bertz CT molecular complexity index is 365. The highest BCUT2D eigenvalue weighted by atomic mass is 16.6. The smallest absolute Gasteiger partial charge is 0.407 e. The minimum absolute atomic E-state index is 0.229. The van der Waals surface area contributed by atoms with Crippen molar-refractivity contribution in [1.82, 2.24) is 5.32 Å². The van der Waals surface area contributed by atoms with Crippen LogP contribution in [0.25, 0.3) is 0 Å². The molecule has 1 saturated carbocycles. The van der Waals surface area contributed by atoms with Gasteiger partial charge in [0.15, 0.2) is 0 Å². The molecule has 0 aromatic carbocycles. The number of nitrogens with one attached hydrogen (secondary N) is 1. The summed E-state index contributed by atoms with van der Waals surface area (Å²) in [4.78, 5) is 22.9. The first-order chi connectivity index (χ1) is 9.13. The van der Waals surface area contributed by atoms with E-state index in [4.69, 9.17) is 10.5 Å². The second-order valence-electron chi connectivity index (χ2n) is 6.61. The molecule has 0 aromatic heterocycles. The maximum atomic E-state index is 11.6. The average molecular weight is 286 g/mol. The van der Waals surface area contributed by atoms with Crippen LogP contribution in [0.1, 0.15) is 46.5 Å². The molecule has 0 aliphatic heterocycles. The van der Waals surface area contributed by atoms with E-state index in [1.54, 1.807) is 0 Å². The molecule has 2 unspecified atom stereocenters. The fraction of sp³-hybridized carbons (Fsp3) is 0.857. The van der Waals surface area contributed by atoms with E-state index in [1.807, 2.05) is 20.8 Å². The SMILES string of the molecule is COC(=O)CC1(N)CCC(CNC(=O)OC(C)(C)C)C1. The molecule has 0 spiro atoms. The molecule has 0 bridgehead atoms. The van der Waals surface area contributed by atoms with Crippen molar-refractivity contribution in [3.8, 4) is 0 Å². The minimum atomic E-state index is -0.507. The third kappa shape index (κ3) is 5.77. The molecule has 0 radical (unpaired) electrons. The van der Waals surface area contributed by atoms with E-state index >= 15 is 0 Å². The molecular formula is C14H26N2O4. The number of carbonyl (C=O) groups excluding carboxylic acids is 2. The molecule has 20 heavy (non-hydrogen) atoms. The molecular weight excluding hydrogens is 260 g/mol. The Labute approximate surface area is 120 Å². The zero-order chi connectivity index (χ0) is 15.4. The van der Waals surface area contributed by atoms with E-state index in [0.29, 0.717) is 13.0 Å². The predicted molar refractivity (Wildman–Crippen MR) is 75.1 cm³/mol. The van der Waals surface area contributed by atoms with Crippen LogP contribution in [0.3, 0.4) is 0 Å². The monoisotopic (exact) mass is 286 g/mol. The molecule has 1 amide bonds. The first kappa shape index (κ1) is 16.8. The Morgan fingerprint density at radius 2 is 2.05 bits per heavy atom. The molecule has 6 nitrogen and oxygen atoms in total. The number of hydrogen-bond acceptors (Lipinski definition) is 5. The zero-order valence-electron chi connectivity index (χ0n) is 12.8. The highest BCUT2D eigenvalue weighted by molar-refractivity contribution is 5.70. The van der Waals surface area contributed by atoms with Crippen molar-refractivity contribution in [1.29, 1.82) is 0 Å². The molecule has 1 aliphatic carbocycles. The summed E-state index contributed by atoms with van der Waals surface area (Å²) in [5.74, 6) is -0.00886. The van der Waals surface area contributed by atoms with Gasteiger partial charge in [-0.15, -0.1) is 0 Å². The Hall–Kier alpha value is -1.30. The topological polar surface area (TPSA) is 90.6 Å². The van der Waals surface area contributed by atoms with Crippen molar-refractivity contribution in [3.63, 3.8) is 0 Å². The summed E-state index contributed by atoms with van der Waals surface area (Å²) in [7, 11) is 1.36. The number of carbonyl (C=O) groups is 2. The van der Waals surface area contributed by atoms with Crippen LogP contribution in [0.15, 0.2) is 0 Å². The van der Waals surface area contributed by atoms with E-state index in [1.165, 1.54) is 7.11 Å². The predicted octanol–water partition coefficient (Wildman–Crippen LogP) is 1.57. The van der Waals surface area contributed by atoms with Gasteiger partial charge in [-0.1, -0.05) is 0 Å². The van der Waals surface area contributed by atoms with E-state index in [9.17, 15) is 9.59 Å². The van der Waals surface area contributed by atoms with Crippen molar-refractivity contribution < 1.29 is 19.1 Å². The van der Waals surface area contributed by atoms with Crippen molar-refractivity contribution in [2.75, 3.05) is 13.7 Å². The molecule has 0 saturated heterocycles. The highest BCUT2D eigenvalue weighted by Crippen LogP contribution is 2.34. The van der Waals surface area contributed by atoms with E-state index in [0.717, 1.165) is 12.8 Å². The zero-order valence-corrected chi connectivity index (χ0v) is 12.8. The third-order valence-electron chi connectivity index (χ3n) is 3.40. The fourth-order valence-electron chi connectivity index (χ4n) is 2.51. The number of rotatable bonds is 4. The Kier molecular flexibility index (Phi) is 5.39. The van der Waals surface area contributed by atoms with Gasteiger partial charge in [-0.3, -0.25) is 4.79 Å². The standard InChI is InChI=1S/C14H26N2O4/c1-13(2,3)20-12(18)16-9-10-5-6-14(15,7-10)8-11(17)19-4/h10H,5-9,15H2,1-4H3,(H,16,18). The lowest BCUT2D eigenvalue weighted by atomic mass is 9.93.